The van der Waals surface area contributed by atoms with Crippen LogP contribution in [0.1, 0.15) is 22.3 Å². The van der Waals surface area contributed by atoms with Crippen LogP contribution in [0.4, 0.5) is 13.2 Å². The molecular weight excluding hydrogens is 607 g/mol. The molecule has 0 atom stereocenters. The lowest BCUT2D eigenvalue weighted by atomic mass is 9.98. The summed E-state index contributed by atoms with van der Waals surface area (Å²) >= 11 is 0. The van der Waals surface area contributed by atoms with E-state index >= 15 is 0 Å². The van der Waals surface area contributed by atoms with E-state index in [9.17, 15) is 29.0 Å². The highest BCUT2D eigenvalue weighted by Crippen LogP contribution is 2.41. The maximum atomic E-state index is 14.0. The Balaban J connectivity index is 1.52. The fraction of sp³-hybridized carbons (Fsp3) is 0.0250. The van der Waals surface area contributed by atoms with Gasteiger partial charge in [-0.1, -0.05) is 42.5 Å². The monoisotopic (exact) mass is 627 g/mol. The number of alkyl halides is 3. The molecule has 2 heterocycles. The molecule has 0 saturated heterocycles. The van der Waals surface area contributed by atoms with Crippen LogP contribution in [0.15, 0.2) is 121 Å². The second-order valence-electron chi connectivity index (χ2n) is 11.5. The lowest BCUT2D eigenvalue weighted by molar-refractivity contribution is -0.137. The van der Waals surface area contributed by atoms with E-state index in [2.05, 4.69) is 21.3 Å². The molecule has 0 radical (unpaired) electrons. The molecule has 6 aromatic carbocycles. The Morgan fingerprint density at radius 2 is 0.958 bits per heavy atom. The maximum absolute atomic E-state index is 14.0. The van der Waals surface area contributed by atoms with Crippen molar-refractivity contribution in [1.82, 2.24) is 9.13 Å². The fourth-order valence-electron chi connectivity index (χ4n) is 6.70. The third-order valence-corrected chi connectivity index (χ3v) is 8.78. The number of nitrogens with zero attached hydrogens (tertiary/aromatic N) is 5. The van der Waals surface area contributed by atoms with Crippen LogP contribution >= 0.6 is 0 Å². The minimum absolute atomic E-state index is 0.0953. The lowest BCUT2D eigenvalue weighted by Gasteiger charge is -2.19. The van der Waals surface area contributed by atoms with E-state index in [1.54, 1.807) is 18.2 Å². The number of nitriles is 3. The van der Waals surface area contributed by atoms with Gasteiger partial charge in [0.25, 0.3) is 0 Å². The van der Waals surface area contributed by atoms with Crippen LogP contribution in [0.3, 0.4) is 0 Å². The smallest absolute Gasteiger partial charge is 0.307 e. The summed E-state index contributed by atoms with van der Waals surface area (Å²) in [6.45, 7) is 0. The predicted octanol–water partition coefficient (Wildman–Crippen LogP) is 10.2. The number of halogens is 3. The number of hydrogen-bond acceptors (Lipinski definition) is 3. The molecule has 0 aliphatic heterocycles. The second kappa shape index (κ2) is 10.6. The third kappa shape index (κ3) is 4.38. The fourth-order valence-corrected chi connectivity index (χ4v) is 6.70. The Kier molecular flexibility index (Phi) is 6.34. The van der Waals surface area contributed by atoms with Crippen LogP contribution in [0.5, 0.6) is 0 Å². The number of rotatable bonds is 3. The summed E-state index contributed by atoms with van der Waals surface area (Å²) in [5.74, 6) is 0. The Morgan fingerprint density at radius 3 is 1.50 bits per heavy atom. The lowest BCUT2D eigenvalue weighted by Crippen LogP contribution is -2.06. The number of hydrogen-bond donors (Lipinski definition) is 0. The van der Waals surface area contributed by atoms with E-state index in [4.69, 9.17) is 0 Å². The average molecular weight is 628 g/mol. The van der Waals surface area contributed by atoms with Crippen molar-refractivity contribution in [3.63, 3.8) is 0 Å². The normalized spacial score (nSPS) is 11.6. The van der Waals surface area contributed by atoms with Crippen LogP contribution in [0.25, 0.3) is 66.1 Å². The van der Waals surface area contributed by atoms with Crippen molar-refractivity contribution < 1.29 is 13.2 Å². The van der Waals surface area contributed by atoms with Gasteiger partial charge in [-0.3, -0.25) is 0 Å². The van der Waals surface area contributed by atoms with Crippen LogP contribution < -0.4 is 0 Å². The number of para-hydroxylation sites is 2. The van der Waals surface area contributed by atoms with Gasteiger partial charge in [0.2, 0.25) is 0 Å². The van der Waals surface area contributed by atoms with Crippen molar-refractivity contribution in [1.29, 1.82) is 15.8 Å². The molecule has 0 N–H and O–H groups in total. The van der Waals surface area contributed by atoms with Crippen molar-refractivity contribution in [2.45, 2.75) is 6.18 Å². The average Bonchev–Trinajstić information content (AvgIpc) is 3.62. The van der Waals surface area contributed by atoms with Gasteiger partial charge in [-0.2, -0.15) is 29.0 Å². The summed E-state index contributed by atoms with van der Waals surface area (Å²) in [6.07, 6.45) is -4.64. The summed E-state index contributed by atoms with van der Waals surface area (Å²) in [4.78, 5) is 0. The topological polar surface area (TPSA) is 81.2 Å². The molecule has 0 amide bonds. The summed E-state index contributed by atoms with van der Waals surface area (Å²) in [5, 5.41) is 32.6. The van der Waals surface area contributed by atoms with Crippen LogP contribution in [0.2, 0.25) is 0 Å². The quantitative estimate of drug-likeness (QED) is 0.195. The first-order valence-electron chi connectivity index (χ1n) is 14.9. The molecular formula is C40H20F3N5. The van der Waals surface area contributed by atoms with E-state index in [0.717, 1.165) is 61.4 Å². The number of fused-ring (bicyclic) bond motifs is 6. The summed E-state index contributed by atoms with van der Waals surface area (Å²) in [5.41, 5.74) is 5.57. The Hall–Kier alpha value is -6.82. The molecule has 8 heteroatoms. The van der Waals surface area contributed by atoms with Gasteiger partial charge in [-0.05, 0) is 90.0 Å². The zero-order valence-corrected chi connectivity index (χ0v) is 24.9. The van der Waals surface area contributed by atoms with Gasteiger partial charge in [0.1, 0.15) is 0 Å². The summed E-state index contributed by atoms with van der Waals surface area (Å²) < 4.78 is 46.0. The molecule has 8 rings (SSSR count). The molecule has 0 fully saturated rings. The van der Waals surface area contributed by atoms with Gasteiger partial charge < -0.3 is 9.13 Å². The predicted molar refractivity (Wildman–Crippen MR) is 180 cm³/mol. The largest absolute Gasteiger partial charge is 0.416 e. The van der Waals surface area contributed by atoms with E-state index < -0.39 is 11.7 Å². The minimum atomic E-state index is -4.64. The maximum Gasteiger partial charge on any atom is 0.416 e. The molecule has 0 bridgehead atoms. The zero-order chi connectivity index (χ0) is 33.2. The first-order chi connectivity index (χ1) is 23.3. The van der Waals surface area contributed by atoms with E-state index in [1.165, 1.54) is 6.07 Å². The Bertz CT molecular complexity index is 2760. The van der Waals surface area contributed by atoms with Crippen LogP contribution in [0, 0.1) is 34.0 Å². The number of benzene rings is 6. The summed E-state index contributed by atoms with van der Waals surface area (Å²) in [6, 6.07) is 41.9. The first kappa shape index (κ1) is 28.6. The van der Waals surface area contributed by atoms with Crippen molar-refractivity contribution in [2.75, 3.05) is 0 Å². The molecule has 0 unspecified atom stereocenters. The van der Waals surface area contributed by atoms with Crippen molar-refractivity contribution in [3.8, 4) is 40.7 Å². The molecule has 2 aromatic heterocycles. The Labute approximate surface area is 271 Å². The minimum Gasteiger partial charge on any atom is -0.307 e. The molecule has 0 aliphatic carbocycles. The molecule has 5 nitrogen and oxygen atoms in total. The summed E-state index contributed by atoms with van der Waals surface area (Å²) in [7, 11) is 0. The number of aromatic nitrogens is 2. The molecule has 0 spiro atoms. The highest BCUT2D eigenvalue weighted by molar-refractivity contribution is 6.12. The highest BCUT2D eigenvalue weighted by atomic mass is 19.4. The van der Waals surface area contributed by atoms with Gasteiger partial charge in [0, 0.05) is 21.5 Å². The van der Waals surface area contributed by atoms with Gasteiger partial charge in [0.15, 0.2) is 0 Å². The van der Waals surface area contributed by atoms with Gasteiger partial charge in [-0.15, -0.1) is 0 Å². The Morgan fingerprint density at radius 1 is 0.438 bits per heavy atom. The SMILES string of the molecule is N#Cc1cc(-c2ccc(-n3c4ccccc4c4cc(C#N)ccc43)c(-n3c4ccccc4c4cc(C#N)ccc43)c2)cc(C(F)(F)F)c1. The van der Waals surface area contributed by atoms with Gasteiger partial charge >= 0.3 is 6.18 Å². The van der Waals surface area contributed by atoms with E-state index in [-0.39, 0.29) is 11.1 Å². The van der Waals surface area contributed by atoms with Crippen LogP contribution in [-0.2, 0) is 6.18 Å². The molecule has 8 aromatic rings. The highest BCUT2D eigenvalue weighted by Gasteiger charge is 2.31. The zero-order valence-electron chi connectivity index (χ0n) is 24.9. The van der Waals surface area contributed by atoms with Crippen molar-refractivity contribution in [2.24, 2.45) is 0 Å². The van der Waals surface area contributed by atoms with Crippen molar-refractivity contribution in [3.05, 3.63) is 144 Å². The van der Waals surface area contributed by atoms with Gasteiger partial charge in [-0.25, -0.2) is 0 Å². The molecule has 48 heavy (non-hydrogen) atoms. The van der Waals surface area contributed by atoms with E-state index in [1.807, 2.05) is 91.0 Å². The molecule has 0 aliphatic rings. The molecule has 0 saturated carbocycles. The standard InChI is InChI=1S/C40H20F3N5/c41-40(42,43)29-16-26(23-46)15-28(19-29)27-11-14-38(47-34-7-3-1-5-30(34)32-17-24(21-44)9-12-36(32)47)39(20-27)48-35-8-4-2-6-31(35)33-18-25(22-45)10-13-37(33)48/h1-20H. The van der Waals surface area contributed by atoms with Crippen LogP contribution in [-0.4, -0.2) is 9.13 Å². The second-order valence-corrected chi connectivity index (χ2v) is 11.5. The third-order valence-electron chi connectivity index (χ3n) is 8.78. The van der Waals surface area contributed by atoms with E-state index in [0.29, 0.717) is 22.4 Å². The van der Waals surface area contributed by atoms with Gasteiger partial charge in [0.05, 0.1) is 73.9 Å². The first-order valence-corrected chi connectivity index (χ1v) is 14.9. The molecule has 226 valence electrons. The van der Waals surface area contributed by atoms with Crippen molar-refractivity contribution >= 4 is 43.6 Å².